The molecule has 0 fully saturated rings. The molecule has 0 radical (unpaired) electrons. The number of hydrogen-bond acceptors (Lipinski definition) is 3. The van der Waals surface area contributed by atoms with Gasteiger partial charge >= 0.3 is 0 Å². The van der Waals surface area contributed by atoms with Crippen molar-refractivity contribution >= 4 is 17.2 Å². The zero-order chi connectivity index (χ0) is 19.3. The summed E-state index contributed by atoms with van der Waals surface area (Å²) in [6, 6.07) is 15.6. The molecule has 0 unspecified atom stereocenters. The first-order valence-electron chi connectivity index (χ1n) is 9.56. The maximum Gasteiger partial charge on any atom is 0.283 e. The number of fused-ring (bicyclic) bond motifs is 1. The van der Waals surface area contributed by atoms with E-state index < -0.39 is 0 Å². The van der Waals surface area contributed by atoms with Gasteiger partial charge < -0.3 is 9.47 Å². The molecule has 2 aromatic heterocycles. The van der Waals surface area contributed by atoms with Crippen LogP contribution in [0, 0.1) is 6.92 Å². The van der Waals surface area contributed by atoms with Gasteiger partial charge in [-0.3, -0.25) is 0 Å². The third-order valence-electron chi connectivity index (χ3n) is 5.69. The standard InChI is InChI=1S/C22H28N5/c1-15(2)26-17(4)27(20-11-8-7-10-19(20)26)22-13-9-12-18(25(22)6)21-14-23-16(3)24(21)5/h7-15,17H,1-6H3/q+1/t17-/m1/s1. The number of rotatable bonds is 3. The second-order valence-electron chi connectivity index (χ2n) is 7.57. The highest BCUT2D eigenvalue weighted by Crippen LogP contribution is 2.44. The van der Waals surface area contributed by atoms with Crippen LogP contribution in [0.5, 0.6) is 0 Å². The van der Waals surface area contributed by atoms with Crippen molar-refractivity contribution in [1.82, 2.24) is 9.55 Å². The summed E-state index contributed by atoms with van der Waals surface area (Å²) in [5.41, 5.74) is 4.83. The van der Waals surface area contributed by atoms with E-state index in [0.29, 0.717) is 6.04 Å². The SMILES string of the molecule is Cc1ncc(-c2cccc(N3c4ccccc4N(C(C)C)[C@H]3C)[n+]2C)n1C. The number of imidazole rings is 1. The summed E-state index contributed by atoms with van der Waals surface area (Å²) >= 11 is 0. The Labute approximate surface area is 161 Å². The number of nitrogens with zero attached hydrogens (tertiary/aromatic N) is 5. The first kappa shape index (κ1) is 17.6. The quantitative estimate of drug-likeness (QED) is 0.661. The average Bonchev–Trinajstić information content (AvgIpc) is 3.12. The van der Waals surface area contributed by atoms with Crippen molar-refractivity contribution in [3.05, 3.63) is 54.5 Å². The van der Waals surface area contributed by atoms with Gasteiger partial charge in [-0.05, 0) is 52.0 Å². The van der Waals surface area contributed by atoms with E-state index in [-0.39, 0.29) is 6.17 Å². The molecule has 1 aliphatic heterocycles. The highest BCUT2D eigenvalue weighted by Gasteiger charge is 2.42. The monoisotopic (exact) mass is 362 g/mol. The second-order valence-corrected chi connectivity index (χ2v) is 7.57. The van der Waals surface area contributed by atoms with E-state index in [2.05, 4.69) is 101 Å². The number of hydrogen-bond donors (Lipinski definition) is 0. The van der Waals surface area contributed by atoms with Crippen molar-refractivity contribution in [3.63, 3.8) is 0 Å². The van der Waals surface area contributed by atoms with Crippen LogP contribution in [0.1, 0.15) is 26.6 Å². The average molecular weight is 363 g/mol. The second kappa shape index (κ2) is 6.41. The summed E-state index contributed by atoms with van der Waals surface area (Å²) in [4.78, 5) is 9.39. The van der Waals surface area contributed by atoms with Crippen LogP contribution >= 0.6 is 0 Å². The fraction of sp³-hybridized carbons (Fsp3) is 0.364. The van der Waals surface area contributed by atoms with Crippen LogP contribution in [0.4, 0.5) is 17.2 Å². The summed E-state index contributed by atoms with van der Waals surface area (Å²) in [6.45, 7) is 8.82. The Morgan fingerprint density at radius 1 is 1.04 bits per heavy atom. The van der Waals surface area contributed by atoms with Crippen LogP contribution in [0.3, 0.4) is 0 Å². The molecule has 4 rings (SSSR count). The fourth-order valence-electron chi connectivity index (χ4n) is 4.25. The Hall–Kier alpha value is -2.82. The van der Waals surface area contributed by atoms with E-state index in [1.54, 1.807) is 0 Å². The smallest absolute Gasteiger partial charge is 0.283 e. The Kier molecular flexibility index (Phi) is 4.17. The maximum atomic E-state index is 4.47. The van der Waals surface area contributed by atoms with Crippen LogP contribution in [-0.4, -0.2) is 21.8 Å². The zero-order valence-electron chi connectivity index (χ0n) is 17.0. The Balaban J connectivity index is 1.87. The summed E-state index contributed by atoms with van der Waals surface area (Å²) in [5.74, 6) is 2.19. The van der Waals surface area contributed by atoms with Gasteiger partial charge in [0.05, 0.1) is 18.9 Å². The van der Waals surface area contributed by atoms with E-state index >= 15 is 0 Å². The largest absolute Gasteiger partial charge is 0.328 e. The van der Waals surface area contributed by atoms with Gasteiger partial charge in [0.2, 0.25) is 0 Å². The van der Waals surface area contributed by atoms with E-state index in [9.17, 15) is 0 Å². The zero-order valence-corrected chi connectivity index (χ0v) is 17.0. The molecular formula is C22H28N5+. The van der Waals surface area contributed by atoms with Crippen LogP contribution in [0.25, 0.3) is 11.4 Å². The minimum Gasteiger partial charge on any atom is -0.328 e. The van der Waals surface area contributed by atoms with Gasteiger partial charge in [-0.15, -0.1) is 0 Å². The van der Waals surface area contributed by atoms with Crippen molar-refractivity contribution in [2.45, 2.75) is 39.9 Å². The van der Waals surface area contributed by atoms with Gasteiger partial charge in [0.15, 0.2) is 17.5 Å². The lowest BCUT2D eigenvalue weighted by Gasteiger charge is -2.28. The molecule has 3 aromatic rings. The van der Waals surface area contributed by atoms with Crippen molar-refractivity contribution in [2.24, 2.45) is 14.1 Å². The first-order chi connectivity index (χ1) is 12.9. The lowest BCUT2D eigenvalue weighted by Crippen LogP contribution is -2.47. The molecule has 27 heavy (non-hydrogen) atoms. The molecule has 140 valence electrons. The van der Waals surface area contributed by atoms with Crippen LogP contribution in [-0.2, 0) is 14.1 Å². The molecule has 5 nitrogen and oxygen atoms in total. The molecule has 5 heteroatoms. The predicted molar refractivity (Wildman–Crippen MR) is 110 cm³/mol. The highest BCUT2D eigenvalue weighted by molar-refractivity contribution is 5.82. The molecule has 1 aliphatic rings. The van der Waals surface area contributed by atoms with Crippen LogP contribution in [0.2, 0.25) is 0 Å². The Morgan fingerprint density at radius 3 is 2.37 bits per heavy atom. The summed E-state index contributed by atoms with van der Waals surface area (Å²) < 4.78 is 4.41. The predicted octanol–water partition coefficient (Wildman–Crippen LogP) is 3.93. The molecule has 1 atom stereocenters. The number of benzene rings is 1. The lowest BCUT2D eigenvalue weighted by molar-refractivity contribution is -0.647. The van der Waals surface area contributed by atoms with Gasteiger partial charge in [-0.2, -0.15) is 0 Å². The van der Waals surface area contributed by atoms with Gasteiger partial charge in [-0.1, -0.05) is 12.1 Å². The van der Waals surface area contributed by atoms with Crippen molar-refractivity contribution in [2.75, 3.05) is 9.80 Å². The van der Waals surface area contributed by atoms with Crippen LogP contribution < -0.4 is 14.4 Å². The summed E-state index contributed by atoms with van der Waals surface area (Å²) in [5, 5.41) is 0. The van der Waals surface area contributed by atoms with E-state index in [0.717, 1.165) is 17.2 Å². The van der Waals surface area contributed by atoms with E-state index in [1.165, 1.54) is 17.2 Å². The molecule has 0 saturated heterocycles. The molecule has 0 saturated carbocycles. The molecule has 1 aromatic carbocycles. The third kappa shape index (κ3) is 2.60. The molecule has 0 N–H and O–H groups in total. The van der Waals surface area contributed by atoms with Crippen molar-refractivity contribution in [3.8, 4) is 11.4 Å². The lowest BCUT2D eigenvalue weighted by atomic mass is 10.2. The maximum absolute atomic E-state index is 4.47. The van der Waals surface area contributed by atoms with E-state index in [1.807, 2.05) is 13.1 Å². The van der Waals surface area contributed by atoms with Gasteiger partial charge in [0, 0.05) is 19.2 Å². The van der Waals surface area contributed by atoms with Gasteiger partial charge in [0.25, 0.3) is 5.82 Å². The summed E-state index contributed by atoms with van der Waals surface area (Å²) in [7, 11) is 4.21. The topological polar surface area (TPSA) is 28.2 Å². The number of para-hydroxylation sites is 2. The van der Waals surface area contributed by atoms with Gasteiger partial charge in [-0.25, -0.2) is 14.5 Å². The minimum absolute atomic E-state index is 0.247. The molecule has 3 heterocycles. The molecule has 0 bridgehead atoms. The third-order valence-corrected chi connectivity index (χ3v) is 5.69. The molecule has 0 spiro atoms. The van der Waals surface area contributed by atoms with Crippen molar-refractivity contribution in [1.29, 1.82) is 0 Å². The molecule has 0 amide bonds. The van der Waals surface area contributed by atoms with Crippen LogP contribution in [0.15, 0.2) is 48.7 Å². The Morgan fingerprint density at radius 2 is 1.74 bits per heavy atom. The number of anilines is 3. The molecular weight excluding hydrogens is 334 g/mol. The number of aryl methyl sites for hydroxylation is 1. The molecule has 0 aliphatic carbocycles. The Bertz CT molecular complexity index is 988. The minimum atomic E-state index is 0.247. The van der Waals surface area contributed by atoms with E-state index in [4.69, 9.17) is 0 Å². The normalized spacial score (nSPS) is 16.3. The highest BCUT2D eigenvalue weighted by atomic mass is 15.4. The van der Waals surface area contributed by atoms with Gasteiger partial charge in [0.1, 0.15) is 11.5 Å². The fourth-order valence-corrected chi connectivity index (χ4v) is 4.25. The first-order valence-corrected chi connectivity index (χ1v) is 9.56. The number of aromatic nitrogens is 3. The summed E-state index contributed by atoms with van der Waals surface area (Å²) in [6.07, 6.45) is 2.20. The number of pyridine rings is 1. The van der Waals surface area contributed by atoms with Crippen molar-refractivity contribution < 1.29 is 4.57 Å².